The molecule has 2 aromatic carbocycles. The Hall–Kier alpha value is -2.82. The highest BCUT2D eigenvalue weighted by Gasteiger charge is 2.36. The van der Waals surface area contributed by atoms with Crippen LogP contribution in [0, 0.1) is 0 Å². The van der Waals surface area contributed by atoms with Crippen molar-refractivity contribution in [3.05, 3.63) is 58.7 Å². The van der Waals surface area contributed by atoms with Gasteiger partial charge < -0.3 is 14.8 Å². The topological polar surface area (TPSA) is 64.6 Å². The standard InChI is InChI=1S/C19H19NO4/c1-11-17(13-5-4-6-14(9-13)23-3)15-7-12(10-21)8-16(18(15)24-11)19(22)20-2/h4-11,17H,1-3H3,(H,20,22)/t11?,17-/m0/s1. The molecule has 0 spiro atoms. The highest BCUT2D eigenvalue weighted by atomic mass is 16.5. The second-order valence-corrected chi connectivity index (χ2v) is 5.76. The van der Waals surface area contributed by atoms with E-state index in [1.807, 2.05) is 31.2 Å². The van der Waals surface area contributed by atoms with Crippen molar-refractivity contribution in [3.8, 4) is 11.5 Å². The molecule has 0 saturated carbocycles. The Balaban J connectivity index is 2.17. The predicted molar refractivity (Wildman–Crippen MR) is 90.1 cm³/mol. The quantitative estimate of drug-likeness (QED) is 0.878. The normalized spacial score (nSPS) is 18.5. The van der Waals surface area contributed by atoms with E-state index in [9.17, 15) is 9.59 Å². The predicted octanol–water partition coefficient (Wildman–Crippen LogP) is 2.78. The van der Waals surface area contributed by atoms with Gasteiger partial charge in [0.05, 0.1) is 12.7 Å². The van der Waals surface area contributed by atoms with E-state index in [1.165, 1.54) is 0 Å². The van der Waals surface area contributed by atoms with Crippen molar-refractivity contribution in [1.29, 1.82) is 0 Å². The summed E-state index contributed by atoms with van der Waals surface area (Å²) in [4.78, 5) is 23.5. The first-order valence-corrected chi connectivity index (χ1v) is 7.74. The molecule has 5 nitrogen and oxygen atoms in total. The molecule has 1 aliphatic heterocycles. The number of carbonyl (C=O) groups excluding carboxylic acids is 2. The molecule has 1 unspecified atom stereocenters. The maximum absolute atomic E-state index is 12.2. The maximum Gasteiger partial charge on any atom is 0.254 e. The van der Waals surface area contributed by atoms with E-state index in [-0.39, 0.29) is 17.9 Å². The molecule has 2 aromatic rings. The molecule has 1 heterocycles. The van der Waals surface area contributed by atoms with Gasteiger partial charge in [0.15, 0.2) is 0 Å². The lowest BCUT2D eigenvalue weighted by molar-refractivity contribution is 0.0958. The van der Waals surface area contributed by atoms with E-state index >= 15 is 0 Å². The van der Waals surface area contributed by atoms with Gasteiger partial charge >= 0.3 is 0 Å². The Labute approximate surface area is 140 Å². The summed E-state index contributed by atoms with van der Waals surface area (Å²) >= 11 is 0. The van der Waals surface area contributed by atoms with Crippen LogP contribution in [0.25, 0.3) is 0 Å². The van der Waals surface area contributed by atoms with Crippen LogP contribution in [0.3, 0.4) is 0 Å². The van der Waals surface area contributed by atoms with E-state index in [0.29, 0.717) is 16.9 Å². The molecule has 0 fully saturated rings. The molecule has 0 bridgehead atoms. The van der Waals surface area contributed by atoms with Crippen molar-refractivity contribution in [2.45, 2.75) is 18.9 Å². The number of hydrogen-bond donors (Lipinski definition) is 1. The van der Waals surface area contributed by atoms with E-state index in [0.717, 1.165) is 23.2 Å². The van der Waals surface area contributed by atoms with Gasteiger partial charge in [-0.2, -0.15) is 0 Å². The SMILES string of the molecule is CNC(=O)c1cc(C=O)cc2c1OC(C)[C@H]2c1cccc(OC)c1. The third-order valence-corrected chi connectivity index (χ3v) is 4.31. The van der Waals surface area contributed by atoms with Gasteiger partial charge in [0.1, 0.15) is 23.9 Å². The first kappa shape index (κ1) is 16.1. The smallest absolute Gasteiger partial charge is 0.254 e. The third kappa shape index (κ3) is 2.62. The molecule has 0 saturated heterocycles. The minimum atomic E-state index is -0.270. The Morgan fingerprint density at radius 3 is 2.75 bits per heavy atom. The molecule has 1 aliphatic rings. The van der Waals surface area contributed by atoms with Crippen molar-refractivity contribution in [2.75, 3.05) is 14.2 Å². The Morgan fingerprint density at radius 2 is 2.08 bits per heavy atom. The summed E-state index contributed by atoms with van der Waals surface area (Å²) in [6.45, 7) is 1.96. The van der Waals surface area contributed by atoms with Gasteiger partial charge in [0.2, 0.25) is 0 Å². The van der Waals surface area contributed by atoms with E-state index in [1.54, 1.807) is 26.3 Å². The fourth-order valence-corrected chi connectivity index (χ4v) is 3.20. The fraction of sp³-hybridized carbons (Fsp3) is 0.263. The summed E-state index contributed by atoms with van der Waals surface area (Å²) < 4.78 is 11.3. The van der Waals surface area contributed by atoms with Gasteiger partial charge in [-0.3, -0.25) is 9.59 Å². The lowest BCUT2D eigenvalue weighted by Crippen LogP contribution is -2.19. The van der Waals surface area contributed by atoms with Crippen LogP contribution < -0.4 is 14.8 Å². The number of benzene rings is 2. The summed E-state index contributed by atoms with van der Waals surface area (Å²) in [5.41, 5.74) is 2.71. The number of ether oxygens (including phenoxy) is 2. The first-order valence-electron chi connectivity index (χ1n) is 7.74. The van der Waals surface area contributed by atoms with Gasteiger partial charge in [0.25, 0.3) is 5.91 Å². The zero-order valence-corrected chi connectivity index (χ0v) is 13.8. The highest BCUT2D eigenvalue weighted by molar-refractivity contribution is 5.99. The van der Waals surface area contributed by atoms with Gasteiger partial charge in [0, 0.05) is 24.1 Å². The maximum atomic E-state index is 12.2. The Morgan fingerprint density at radius 1 is 1.29 bits per heavy atom. The molecule has 24 heavy (non-hydrogen) atoms. The summed E-state index contributed by atoms with van der Waals surface area (Å²) in [7, 11) is 3.18. The minimum Gasteiger partial charge on any atom is -0.497 e. The Kier molecular flexibility index (Phi) is 4.25. The lowest BCUT2D eigenvalue weighted by atomic mass is 9.87. The number of rotatable bonds is 4. The van der Waals surface area contributed by atoms with Crippen LogP contribution in [0.2, 0.25) is 0 Å². The highest BCUT2D eigenvalue weighted by Crippen LogP contribution is 2.45. The van der Waals surface area contributed by atoms with Crippen LogP contribution in [0.1, 0.15) is 44.7 Å². The van der Waals surface area contributed by atoms with Crippen LogP contribution in [0.15, 0.2) is 36.4 Å². The molecule has 2 atom stereocenters. The van der Waals surface area contributed by atoms with Crippen molar-refractivity contribution < 1.29 is 19.1 Å². The van der Waals surface area contributed by atoms with Crippen LogP contribution in [0.4, 0.5) is 0 Å². The molecule has 0 aliphatic carbocycles. The largest absolute Gasteiger partial charge is 0.497 e. The van der Waals surface area contributed by atoms with Crippen molar-refractivity contribution in [1.82, 2.24) is 5.32 Å². The number of methoxy groups -OCH3 is 1. The molecular formula is C19H19NO4. The average molecular weight is 325 g/mol. The zero-order valence-electron chi connectivity index (χ0n) is 13.8. The van der Waals surface area contributed by atoms with Crippen LogP contribution in [-0.4, -0.2) is 32.5 Å². The molecule has 1 N–H and O–H groups in total. The minimum absolute atomic E-state index is 0.0709. The number of aldehydes is 1. The number of amides is 1. The third-order valence-electron chi connectivity index (χ3n) is 4.31. The lowest BCUT2D eigenvalue weighted by Gasteiger charge is -2.16. The van der Waals surface area contributed by atoms with Gasteiger partial charge in [-0.25, -0.2) is 0 Å². The second kappa shape index (κ2) is 6.35. The van der Waals surface area contributed by atoms with Gasteiger partial charge in [-0.05, 0) is 36.8 Å². The number of nitrogens with one attached hydrogen (secondary N) is 1. The summed E-state index contributed by atoms with van der Waals surface area (Å²) in [6, 6.07) is 11.1. The summed E-state index contributed by atoms with van der Waals surface area (Å²) in [5, 5.41) is 2.60. The van der Waals surface area contributed by atoms with Gasteiger partial charge in [-0.1, -0.05) is 12.1 Å². The molecule has 3 rings (SSSR count). The molecule has 5 heteroatoms. The van der Waals surface area contributed by atoms with Crippen molar-refractivity contribution >= 4 is 12.2 Å². The van der Waals surface area contributed by atoms with E-state index in [2.05, 4.69) is 5.32 Å². The number of fused-ring (bicyclic) bond motifs is 1. The monoisotopic (exact) mass is 325 g/mol. The summed E-state index contributed by atoms with van der Waals surface area (Å²) in [6.07, 6.45) is 0.593. The van der Waals surface area contributed by atoms with Crippen LogP contribution in [-0.2, 0) is 0 Å². The first-order chi connectivity index (χ1) is 11.6. The van der Waals surface area contributed by atoms with Crippen molar-refractivity contribution in [2.24, 2.45) is 0 Å². The molecule has 124 valence electrons. The number of carbonyl (C=O) groups is 2. The van der Waals surface area contributed by atoms with Crippen molar-refractivity contribution in [3.63, 3.8) is 0 Å². The Bertz CT molecular complexity index is 800. The molecule has 1 amide bonds. The van der Waals surface area contributed by atoms with Gasteiger partial charge in [-0.15, -0.1) is 0 Å². The zero-order chi connectivity index (χ0) is 17.3. The molecule has 0 aromatic heterocycles. The average Bonchev–Trinajstić information content (AvgIpc) is 2.95. The summed E-state index contributed by atoms with van der Waals surface area (Å²) in [5.74, 6) is 0.957. The molecule has 0 radical (unpaired) electrons. The van der Waals surface area contributed by atoms with E-state index < -0.39 is 0 Å². The second-order valence-electron chi connectivity index (χ2n) is 5.76. The fourth-order valence-electron chi connectivity index (χ4n) is 3.20. The van der Waals surface area contributed by atoms with E-state index in [4.69, 9.17) is 9.47 Å². The number of hydrogen-bond acceptors (Lipinski definition) is 4. The molecular weight excluding hydrogens is 306 g/mol. The van der Waals surface area contributed by atoms with Crippen LogP contribution in [0.5, 0.6) is 11.5 Å². The van der Waals surface area contributed by atoms with Crippen LogP contribution >= 0.6 is 0 Å².